The smallest absolute Gasteiger partial charge is 0.293 e. The molecule has 0 bridgehead atoms. The van der Waals surface area contributed by atoms with Gasteiger partial charge in [0, 0.05) is 30.8 Å². The molecule has 0 aromatic carbocycles. The summed E-state index contributed by atoms with van der Waals surface area (Å²) < 4.78 is 7.16. The van der Waals surface area contributed by atoms with Crippen molar-refractivity contribution in [2.24, 2.45) is 0 Å². The van der Waals surface area contributed by atoms with Gasteiger partial charge in [0.2, 0.25) is 0 Å². The Hall–Kier alpha value is -0.880. The van der Waals surface area contributed by atoms with Crippen LogP contribution < -0.4 is 10.5 Å². The van der Waals surface area contributed by atoms with E-state index in [9.17, 15) is 4.79 Å². The van der Waals surface area contributed by atoms with E-state index in [0.717, 1.165) is 18.3 Å². The lowest BCUT2D eigenvalue weighted by molar-refractivity contribution is 0.0998. The van der Waals surface area contributed by atoms with Crippen molar-refractivity contribution in [1.29, 1.82) is 0 Å². The van der Waals surface area contributed by atoms with E-state index < -0.39 is 0 Å². The Morgan fingerprint density at radius 1 is 1.61 bits per heavy atom. The van der Waals surface area contributed by atoms with Crippen LogP contribution in [-0.4, -0.2) is 40.7 Å². The topological polar surface area (TPSA) is 47.4 Å². The zero-order valence-corrected chi connectivity index (χ0v) is 12.1. The fraction of sp³-hybridized carbons (Fsp3) is 0.667. The Morgan fingerprint density at radius 3 is 3.17 bits per heavy atom. The molecule has 1 unspecified atom stereocenters. The van der Waals surface area contributed by atoms with Crippen molar-refractivity contribution in [2.75, 3.05) is 30.0 Å². The number of aromatic nitrogens is 2. The van der Waals surface area contributed by atoms with Crippen molar-refractivity contribution >= 4 is 21.7 Å². The highest BCUT2D eigenvalue weighted by Crippen LogP contribution is 2.14. The van der Waals surface area contributed by atoms with Gasteiger partial charge in [0.1, 0.15) is 0 Å². The molecule has 5 nitrogen and oxygen atoms in total. The van der Waals surface area contributed by atoms with Gasteiger partial charge in [-0.3, -0.25) is 4.79 Å². The van der Waals surface area contributed by atoms with Crippen molar-refractivity contribution in [2.45, 2.75) is 25.9 Å². The third kappa shape index (κ3) is 2.75. The second-order valence-corrected chi connectivity index (χ2v) is 4.97. The van der Waals surface area contributed by atoms with Gasteiger partial charge in [-0.1, -0.05) is 22.9 Å². The number of nitrogens with zero attached hydrogens (tertiary/aromatic N) is 3. The highest BCUT2D eigenvalue weighted by Gasteiger charge is 2.25. The third-order valence-electron chi connectivity index (χ3n) is 3.04. The summed E-state index contributed by atoms with van der Waals surface area (Å²) in [6.07, 6.45) is 4.39. The van der Waals surface area contributed by atoms with Crippen LogP contribution in [0.1, 0.15) is 13.3 Å². The summed E-state index contributed by atoms with van der Waals surface area (Å²) in [5.41, 5.74) is -0.00722. The lowest BCUT2D eigenvalue weighted by Gasteiger charge is -2.35. The highest BCUT2D eigenvalue weighted by molar-refractivity contribution is 9.09. The Balaban J connectivity index is 2.31. The molecule has 18 heavy (non-hydrogen) atoms. The standard InChI is InChI=1S/C12H18BrN3O2/c1-2-4-15-5-3-14-11(12(15)17)16-6-7-18-9-10(16)8-13/h3,5,10H,2,4,6-9H2,1H3. The van der Waals surface area contributed by atoms with Crippen LogP contribution in [0.5, 0.6) is 0 Å². The van der Waals surface area contributed by atoms with E-state index in [1.807, 2.05) is 4.90 Å². The van der Waals surface area contributed by atoms with E-state index >= 15 is 0 Å². The summed E-state index contributed by atoms with van der Waals surface area (Å²) in [6.45, 7) is 4.79. The Labute approximate surface area is 115 Å². The Morgan fingerprint density at radius 2 is 2.44 bits per heavy atom. The van der Waals surface area contributed by atoms with Crippen molar-refractivity contribution in [3.8, 4) is 0 Å². The molecule has 0 amide bonds. The highest BCUT2D eigenvalue weighted by atomic mass is 79.9. The van der Waals surface area contributed by atoms with E-state index in [1.165, 1.54) is 0 Å². The van der Waals surface area contributed by atoms with E-state index in [0.29, 0.717) is 25.6 Å². The first-order chi connectivity index (χ1) is 8.77. The minimum Gasteiger partial charge on any atom is -0.377 e. The van der Waals surface area contributed by atoms with E-state index in [4.69, 9.17) is 4.74 Å². The molecular formula is C12H18BrN3O2. The fourth-order valence-electron chi connectivity index (χ4n) is 2.11. The predicted octanol–water partition coefficient (Wildman–Crippen LogP) is 1.25. The summed E-state index contributed by atoms with van der Waals surface area (Å²) in [5, 5.41) is 0.775. The van der Waals surface area contributed by atoms with Gasteiger partial charge >= 0.3 is 0 Å². The van der Waals surface area contributed by atoms with Gasteiger partial charge in [-0.05, 0) is 6.42 Å². The number of rotatable bonds is 4. The molecule has 2 rings (SSSR count). The van der Waals surface area contributed by atoms with Gasteiger partial charge in [0.05, 0.1) is 19.3 Å². The summed E-state index contributed by atoms with van der Waals surface area (Å²) >= 11 is 3.46. The number of aryl methyl sites for hydroxylation is 1. The minimum absolute atomic E-state index is 0.00722. The number of morpholine rings is 1. The number of hydrogen-bond acceptors (Lipinski definition) is 4. The average molecular weight is 316 g/mol. The number of halogens is 1. The number of hydrogen-bond donors (Lipinski definition) is 0. The van der Waals surface area contributed by atoms with Crippen LogP contribution in [-0.2, 0) is 11.3 Å². The molecule has 0 radical (unpaired) electrons. The van der Waals surface area contributed by atoms with Gasteiger partial charge in [-0.15, -0.1) is 0 Å². The molecule has 2 heterocycles. The molecule has 1 aliphatic rings. The van der Waals surface area contributed by atoms with Crippen molar-refractivity contribution in [1.82, 2.24) is 9.55 Å². The van der Waals surface area contributed by atoms with E-state index in [-0.39, 0.29) is 11.6 Å². The summed E-state index contributed by atoms with van der Waals surface area (Å²) in [6, 6.07) is 0.177. The molecule has 1 aromatic rings. The molecule has 1 aliphatic heterocycles. The van der Waals surface area contributed by atoms with Gasteiger partial charge in [0.15, 0.2) is 5.82 Å². The quantitative estimate of drug-likeness (QED) is 0.785. The van der Waals surface area contributed by atoms with Gasteiger partial charge in [0.25, 0.3) is 5.56 Å². The molecule has 1 aromatic heterocycles. The maximum atomic E-state index is 12.3. The summed E-state index contributed by atoms with van der Waals surface area (Å²) in [7, 11) is 0. The third-order valence-corrected chi connectivity index (χ3v) is 3.79. The molecule has 6 heteroatoms. The fourth-order valence-corrected chi connectivity index (χ4v) is 2.65. The normalized spacial score (nSPS) is 20.1. The molecule has 0 aliphatic carbocycles. The van der Waals surface area contributed by atoms with E-state index in [2.05, 4.69) is 27.8 Å². The monoisotopic (exact) mass is 315 g/mol. The molecule has 100 valence electrons. The lowest BCUT2D eigenvalue weighted by Crippen LogP contribution is -2.49. The van der Waals surface area contributed by atoms with Crippen LogP contribution in [0.4, 0.5) is 5.82 Å². The number of ether oxygens (including phenoxy) is 1. The SMILES string of the molecule is CCCn1ccnc(N2CCOCC2CBr)c1=O. The minimum atomic E-state index is -0.00722. The molecule has 0 N–H and O–H groups in total. The van der Waals surface area contributed by atoms with E-state index in [1.54, 1.807) is 17.0 Å². The second kappa shape index (κ2) is 6.33. The molecule has 1 atom stereocenters. The first-order valence-corrected chi connectivity index (χ1v) is 7.36. The first kappa shape index (κ1) is 13.5. The second-order valence-electron chi connectivity index (χ2n) is 4.33. The zero-order chi connectivity index (χ0) is 13.0. The maximum absolute atomic E-state index is 12.3. The van der Waals surface area contributed by atoms with Gasteiger partial charge < -0.3 is 14.2 Å². The number of anilines is 1. The van der Waals surface area contributed by atoms with Crippen molar-refractivity contribution in [3.05, 3.63) is 22.7 Å². The largest absolute Gasteiger partial charge is 0.377 e. The first-order valence-electron chi connectivity index (χ1n) is 6.23. The summed E-state index contributed by atoms with van der Waals surface area (Å²) in [5.74, 6) is 0.540. The van der Waals surface area contributed by atoms with Crippen LogP contribution in [0, 0.1) is 0 Å². The van der Waals surface area contributed by atoms with Gasteiger partial charge in [-0.2, -0.15) is 0 Å². The molecule has 1 saturated heterocycles. The van der Waals surface area contributed by atoms with Crippen LogP contribution in [0.25, 0.3) is 0 Å². The molecule has 1 fully saturated rings. The summed E-state index contributed by atoms with van der Waals surface area (Å²) in [4.78, 5) is 18.6. The number of alkyl halides is 1. The predicted molar refractivity (Wildman–Crippen MR) is 74.5 cm³/mol. The van der Waals surface area contributed by atoms with Gasteiger partial charge in [-0.25, -0.2) is 4.98 Å². The Kier molecular flexibility index (Phi) is 4.77. The zero-order valence-electron chi connectivity index (χ0n) is 10.5. The average Bonchev–Trinajstić information content (AvgIpc) is 2.41. The Bertz CT molecular complexity index is 449. The van der Waals surface area contributed by atoms with Crippen LogP contribution in [0.15, 0.2) is 17.2 Å². The molecule has 0 spiro atoms. The molecular weight excluding hydrogens is 298 g/mol. The lowest BCUT2D eigenvalue weighted by atomic mass is 10.2. The maximum Gasteiger partial charge on any atom is 0.293 e. The van der Waals surface area contributed by atoms with Crippen LogP contribution >= 0.6 is 15.9 Å². The molecule has 0 saturated carbocycles. The van der Waals surface area contributed by atoms with Crippen molar-refractivity contribution in [3.63, 3.8) is 0 Å². The van der Waals surface area contributed by atoms with Crippen molar-refractivity contribution < 1.29 is 4.74 Å². The van der Waals surface area contributed by atoms with Crippen LogP contribution in [0.3, 0.4) is 0 Å². The van der Waals surface area contributed by atoms with Crippen LogP contribution in [0.2, 0.25) is 0 Å².